The van der Waals surface area contributed by atoms with Crippen LogP contribution < -0.4 is 5.32 Å². The Kier molecular flexibility index (Phi) is 4.50. The number of carboxylic acid groups (broad SMARTS) is 1. The van der Waals surface area contributed by atoms with Crippen molar-refractivity contribution in [2.75, 3.05) is 5.32 Å². The average Bonchev–Trinajstić information content (AvgIpc) is 2.36. The minimum absolute atomic E-state index is 0.334. The topological polar surface area (TPSA) is 49.3 Å². The summed E-state index contributed by atoms with van der Waals surface area (Å²) in [5, 5.41) is 12.7. The molecule has 1 aromatic rings. The van der Waals surface area contributed by atoms with E-state index in [0.29, 0.717) is 17.5 Å². The molecule has 0 amide bonds. The zero-order valence-corrected chi connectivity index (χ0v) is 12.9. The molecule has 1 saturated carbocycles. The van der Waals surface area contributed by atoms with Crippen LogP contribution in [-0.4, -0.2) is 17.1 Å². The number of rotatable bonds is 3. The fourth-order valence-electron chi connectivity index (χ4n) is 2.72. The van der Waals surface area contributed by atoms with Gasteiger partial charge in [-0.1, -0.05) is 29.8 Å². The van der Waals surface area contributed by atoms with E-state index in [1.165, 1.54) is 6.42 Å². The summed E-state index contributed by atoms with van der Waals surface area (Å²) in [6.45, 7) is 4.57. The fourth-order valence-corrected chi connectivity index (χ4v) is 3.08. The third-order valence-electron chi connectivity index (χ3n) is 4.17. The molecule has 0 radical (unpaired) electrons. The van der Waals surface area contributed by atoms with Gasteiger partial charge in [-0.05, 0) is 49.3 Å². The van der Waals surface area contributed by atoms with Gasteiger partial charge in [0, 0.05) is 16.2 Å². The van der Waals surface area contributed by atoms with Gasteiger partial charge >= 0.3 is 5.97 Å². The van der Waals surface area contributed by atoms with Gasteiger partial charge in [-0.2, -0.15) is 0 Å². The van der Waals surface area contributed by atoms with Gasteiger partial charge in [0.05, 0.1) is 5.56 Å². The third-order valence-corrected chi connectivity index (χ3v) is 4.66. The first-order valence-corrected chi connectivity index (χ1v) is 7.56. The molecule has 104 valence electrons. The summed E-state index contributed by atoms with van der Waals surface area (Å²) in [6.07, 6.45) is 3.43. The van der Waals surface area contributed by atoms with Crippen molar-refractivity contribution in [3.63, 3.8) is 0 Å². The molecule has 0 spiro atoms. The van der Waals surface area contributed by atoms with Crippen LogP contribution in [0.25, 0.3) is 0 Å². The van der Waals surface area contributed by atoms with E-state index in [9.17, 15) is 9.90 Å². The van der Waals surface area contributed by atoms with Crippen LogP contribution in [0.2, 0.25) is 0 Å². The van der Waals surface area contributed by atoms with Gasteiger partial charge in [0.2, 0.25) is 0 Å². The lowest BCUT2D eigenvalue weighted by Crippen LogP contribution is -2.30. The number of anilines is 1. The highest BCUT2D eigenvalue weighted by Crippen LogP contribution is 2.32. The minimum Gasteiger partial charge on any atom is -0.478 e. The summed E-state index contributed by atoms with van der Waals surface area (Å²) < 4.78 is 0.793. The second-order valence-electron chi connectivity index (χ2n) is 5.60. The van der Waals surface area contributed by atoms with E-state index < -0.39 is 5.97 Å². The summed E-state index contributed by atoms with van der Waals surface area (Å²) in [5.41, 5.74) is 1.06. The fraction of sp³-hybridized carbons (Fsp3) is 0.533. The van der Waals surface area contributed by atoms with Crippen molar-refractivity contribution in [1.82, 2.24) is 0 Å². The molecule has 0 heterocycles. The Morgan fingerprint density at radius 3 is 2.68 bits per heavy atom. The number of aromatic carboxylic acids is 1. The van der Waals surface area contributed by atoms with Crippen LogP contribution >= 0.6 is 15.9 Å². The first-order valence-electron chi connectivity index (χ1n) is 6.76. The van der Waals surface area contributed by atoms with Crippen LogP contribution in [0.4, 0.5) is 5.69 Å². The van der Waals surface area contributed by atoms with Crippen molar-refractivity contribution in [3.05, 3.63) is 28.2 Å². The van der Waals surface area contributed by atoms with Gasteiger partial charge in [0.1, 0.15) is 0 Å². The van der Waals surface area contributed by atoms with Crippen molar-refractivity contribution in [2.24, 2.45) is 11.8 Å². The molecule has 1 aromatic carbocycles. The molecule has 3 unspecified atom stereocenters. The van der Waals surface area contributed by atoms with Crippen LogP contribution in [0.1, 0.15) is 43.5 Å². The number of carbonyl (C=O) groups is 1. The van der Waals surface area contributed by atoms with Gasteiger partial charge in [-0.25, -0.2) is 4.79 Å². The molecule has 0 aromatic heterocycles. The molecule has 1 fully saturated rings. The van der Waals surface area contributed by atoms with E-state index in [1.807, 2.05) is 12.1 Å². The summed E-state index contributed by atoms with van der Waals surface area (Å²) in [7, 11) is 0. The Hall–Kier alpha value is -1.03. The van der Waals surface area contributed by atoms with Crippen molar-refractivity contribution in [3.8, 4) is 0 Å². The Labute approximate surface area is 122 Å². The molecule has 2 N–H and O–H groups in total. The van der Waals surface area contributed by atoms with E-state index >= 15 is 0 Å². The smallest absolute Gasteiger partial charge is 0.337 e. The molecular weight excluding hydrogens is 306 g/mol. The Morgan fingerprint density at radius 2 is 2.05 bits per heavy atom. The first kappa shape index (κ1) is 14.4. The lowest BCUT2D eigenvalue weighted by atomic mass is 9.79. The van der Waals surface area contributed by atoms with Gasteiger partial charge in [0.25, 0.3) is 0 Å². The maximum Gasteiger partial charge on any atom is 0.337 e. The zero-order valence-electron chi connectivity index (χ0n) is 11.3. The van der Waals surface area contributed by atoms with Crippen molar-refractivity contribution >= 4 is 27.6 Å². The highest BCUT2D eigenvalue weighted by Gasteiger charge is 2.25. The first-order chi connectivity index (χ1) is 8.97. The zero-order chi connectivity index (χ0) is 14.0. The lowest BCUT2D eigenvalue weighted by molar-refractivity contribution is 0.0697. The Balaban J connectivity index is 2.13. The standard InChI is InChI=1S/C15H20BrNO2/c1-9-3-5-12(7-10(9)2)17-14-6-4-11(16)8-13(14)15(18)19/h4,6,8-10,12,17H,3,5,7H2,1-2H3,(H,18,19). The highest BCUT2D eigenvalue weighted by molar-refractivity contribution is 9.10. The summed E-state index contributed by atoms with van der Waals surface area (Å²) >= 11 is 3.32. The molecular formula is C15H20BrNO2. The van der Waals surface area contributed by atoms with E-state index in [1.54, 1.807) is 6.07 Å². The number of carboxylic acids is 1. The van der Waals surface area contributed by atoms with Crippen LogP contribution in [0.3, 0.4) is 0 Å². The predicted molar refractivity (Wildman–Crippen MR) is 80.7 cm³/mol. The Morgan fingerprint density at radius 1 is 1.32 bits per heavy atom. The van der Waals surface area contributed by atoms with Gasteiger partial charge in [-0.3, -0.25) is 0 Å². The maximum absolute atomic E-state index is 11.3. The van der Waals surface area contributed by atoms with Gasteiger partial charge < -0.3 is 10.4 Å². The molecule has 0 aliphatic heterocycles. The number of hydrogen-bond acceptors (Lipinski definition) is 2. The number of halogens is 1. The highest BCUT2D eigenvalue weighted by atomic mass is 79.9. The maximum atomic E-state index is 11.3. The number of hydrogen-bond donors (Lipinski definition) is 2. The van der Waals surface area contributed by atoms with Crippen LogP contribution in [0, 0.1) is 11.8 Å². The quantitative estimate of drug-likeness (QED) is 0.866. The second kappa shape index (κ2) is 5.95. The molecule has 1 aliphatic rings. The monoisotopic (exact) mass is 325 g/mol. The molecule has 2 rings (SSSR count). The molecule has 3 atom stereocenters. The summed E-state index contributed by atoms with van der Waals surface area (Å²) in [6, 6.07) is 5.75. The average molecular weight is 326 g/mol. The molecule has 1 aliphatic carbocycles. The van der Waals surface area contributed by atoms with Crippen molar-refractivity contribution in [2.45, 2.75) is 39.2 Å². The largest absolute Gasteiger partial charge is 0.478 e. The summed E-state index contributed by atoms with van der Waals surface area (Å²) in [5.74, 6) is 0.568. The normalized spacial score (nSPS) is 27.0. The summed E-state index contributed by atoms with van der Waals surface area (Å²) in [4.78, 5) is 11.3. The third kappa shape index (κ3) is 3.50. The van der Waals surface area contributed by atoms with Crippen LogP contribution in [-0.2, 0) is 0 Å². The minimum atomic E-state index is -0.888. The lowest BCUT2D eigenvalue weighted by Gasteiger charge is -2.33. The number of benzene rings is 1. The molecule has 4 heteroatoms. The molecule has 0 saturated heterocycles. The van der Waals surface area contributed by atoms with Crippen LogP contribution in [0.15, 0.2) is 22.7 Å². The van der Waals surface area contributed by atoms with Gasteiger partial charge in [-0.15, -0.1) is 0 Å². The SMILES string of the molecule is CC1CCC(Nc2ccc(Br)cc2C(=O)O)CC1C. The van der Waals surface area contributed by atoms with Crippen molar-refractivity contribution < 1.29 is 9.90 Å². The molecule has 0 bridgehead atoms. The van der Waals surface area contributed by atoms with E-state index in [0.717, 1.165) is 28.9 Å². The molecule has 19 heavy (non-hydrogen) atoms. The van der Waals surface area contributed by atoms with Crippen LogP contribution in [0.5, 0.6) is 0 Å². The number of nitrogens with one attached hydrogen (secondary N) is 1. The second-order valence-corrected chi connectivity index (χ2v) is 6.52. The predicted octanol–water partition coefficient (Wildman–Crippen LogP) is 4.38. The van der Waals surface area contributed by atoms with Gasteiger partial charge in [0.15, 0.2) is 0 Å². The van der Waals surface area contributed by atoms with Crippen molar-refractivity contribution in [1.29, 1.82) is 0 Å². The van der Waals surface area contributed by atoms with E-state index in [4.69, 9.17) is 0 Å². The Bertz CT molecular complexity index is 475. The molecule has 3 nitrogen and oxygen atoms in total. The van der Waals surface area contributed by atoms with E-state index in [2.05, 4.69) is 35.1 Å². The van der Waals surface area contributed by atoms with E-state index in [-0.39, 0.29) is 0 Å².